The number of nitrogens with zero attached hydrogens (tertiary/aromatic N) is 3. The average molecular weight is 417 g/mol. The Morgan fingerprint density at radius 1 is 1.34 bits per heavy atom. The van der Waals surface area contributed by atoms with Crippen LogP contribution in [0.5, 0.6) is 0 Å². The SMILES string of the molecule is O=C(CN(CCc1ccsc1)C(=O)N1CCC[C@H]1C(=O)Nc1cccnc1)NO. The summed E-state index contributed by atoms with van der Waals surface area (Å²) in [5.41, 5.74) is 3.19. The quantitative estimate of drug-likeness (QED) is 0.469. The molecular formula is C19H23N5O4S. The first-order chi connectivity index (χ1) is 14.1. The third kappa shape index (κ3) is 5.52. The van der Waals surface area contributed by atoms with Gasteiger partial charge in [0.2, 0.25) is 5.91 Å². The minimum atomic E-state index is -0.681. The van der Waals surface area contributed by atoms with Crippen LogP contribution < -0.4 is 10.8 Å². The Hall–Kier alpha value is -2.98. The standard InChI is InChI=1S/C19H23N5O4S/c25-17(22-28)12-23(9-5-14-6-10-29-13-14)19(27)24-8-2-4-16(24)18(26)21-15-3-1-7-20-11-15/h1,3,6-7,10-11,13,16,28H,2,4-5,8-9,12H2,(H,21,26)(H,22,25)/t16-/m0/s1. The van der Waals surface area contributed by atoms with Gasteiger partial charge in [0.15, 0.2) is 0 Å². The van der Waals surface area contributed by atoms with Gasteiger partial charge in [-0.25, -0.2) is 10.3 Å². The molecule has 10 heteroatoms. The summed E-state index contributed by atoms with van der Waals surface area (Å²) in [5, 5.41) is 15.6. The molecule has 0 bridgehead atoms. The van der Waals surface area contributed by atoms with E-state index in [1.807, 2.05) is 16.8 Å². The van der Waals surface area contributed by atoms with E-state index in [0.29, 0.717) is 38.0 Å². The molecule has 0 spiro atoms. The maximum absolute atomic E-state index is 13.1. The van der Waals surface area contributed by atoms with E-state index in [0.717, 1.165) is 5.56 Å². The summed E-state index contributed by atoms with van der Waals surface area (Å²) in [7, 11) is 0. The second kappa shape index (κ2) is 9.99. The Kier molecular flexibility index (Phi) is 7.14. The Labute approximate surface area is 172 Å². The zero-order valence-corrected chi connectivity index (χ0v) is 16.6. The maximum atomic E-state index is 13.1. The van der Waals surface area contributed by atoms with Gasteiger partial charge in [0.05, 0.1) is 11.9 Å². The van der Waals surface area contributed by atoms with Gasteiger partial charge in [-0.05, 0) is 53.8 Å². The first-order valence-electron chi connectivity index (χ1n) is 9.29. The lowest BCUT2D eigenvalue weighted by Crippen LogP contribution is -2.52. The van der Waals surface area contributed by atoms with Crippen molar-refractivity contribution in [3.05, 3.63) is 46.9 Å². The zero-order chi connectivity index (χ0) is 20.6. The Bertz CT molecular complexity index is 830. The van der Waals surface area contributed by atoms with Crippen molar-refractivity contribution in [1.29, 1.82) is 0 Å². The number of hydrogen-bond donors (Lipinski definition) is 3. The van der Waals surface area contributed by atoms with Crippen LogP contribution in [0.2, 0.25) is 0 Å². The van der Waals surface area contributed by atoms with Crippen LogP contribution in [0.1, 0.15) is 18.4 Å². The van der Waals surface area contributed by atoms with E-state index in [1.54, 1.807) is 35.1 Å². The van der Waals surface area contributed by atoms with E-state index in [4.69, 9.17) is 5.21 Å². The number of urea groups is 1. The number of carbonyl (C=O) groups excluding carboxylic acids is 3. The minimum Gasteiger partial charge on any atom is -0.323 e. The highest BCUT2D eigenvalue weighted by Gasteiger charge is 2.36. The summed E-state index contributed by atoms with van der Waals surface area (Å²) in [6.45, 7) is 0.447. The number of likely N-dealkylation sites (tertiary alicyclic amines) is 1. The minimum absolute atomic E-state index is 0.284. The fourth-order valence-corrected chi connectivity index (χ4v) is 3.97. The number of hydrogen-bond acceptors (Lipinski definition) is 6. The van der Waals surface area contributed by atoms with Crippen molar-refractivity contribution in [3.63, 3.8) is 0 Å². The first-order valence-corrected chi connectivity index (χ1v) is 10.2. The van der Waals surface area contributed by atoms with Gasteiger partial charge in [0, 0.05) is 19.3 Å². The maximum Gasteiger partial charge on any atom is 0.321 e. The predicted octanol–water partition coefficient (Wildman–Crippen LogP) is 1.72. The monoisotopic (exact) mass is 417 g/mol. The highest BCUT2D eigenvalue weighted by Crippen LogP contribution is 2.21. The molecule has 3 heterocycles. The largest absolute Gasteiger partial charge is 0.323 e. The smallest absolute Gasteiger partial charge is 0.321 e. The normalized spacial score (nSPS) is 15.8. The number of hydroxylamine groups is 1. The molecule has 0 aromatic carbocycles. The fourth-order valence-electron chi connectivity index (χ4n) is 3.26. The Morgan fingerprint density at radius 3 is 2.90 bits per heavy atom. The van der Waals surface area contributed by atoms with Gasteiger partial charge in [-0.2, -0.15) is 11.3 Å². The van der Waals surface area contributed by atoms with Gasteiger partial charge in [-0.3, -0.25) is 19.8 Å². The van der Waals surface area contributed by atoms with Gasteiger partial charge in [0.1, 0.15) is 12.6 Å². The topological polar surface area (TPSA) is 115 Å². The number of nitrogens with one attached hydrogen (secondary N) is 2. The molecular weight excluding hydrogens is 394 g/mol. The predicted molar refractivity (Wildman–Crippen MR) is 108 cm³/mol. The third-order valence-electron chi connectivity index (χ3n) is 4.71. The molecule has 1 aliphatic heterocycles. The van der Waals surface area contributed by atoms with E-state index in [2.05, 4.69) is 10.3 Å². The van der Waals surface area contributed by atoms with Crippen molar-refractivity contribution in [3.8, 4) is 0 Å². The number of aromatic nitrogens is 1. The molecule has 1 aliphatic rings. The summed E-state index contributed by atoms with van der Waals surface area (Å²) >= 11 is 1.56. The molecule has 154 valence electrons. The molecule has 1 fully saturated rings. The number of carbonyl (C=O) groups is 3. The van der Waals surface area contributed by atoms with Crippen LogP contribution in [-0.2, 0) is 16.0 Å². The van der Waals surface area contributed by atoms with Crippen molar-refractivity contribution >= 4 is 34.9 Å². The molecule has 1 saturated heterocycles. The molecule has 0 radical (unpaired) electrons. The van der Waals surface area contributed by atoms with Gasteiger partial charge in [-0.15, -0.1) is 0 Å². The molecule has 2 aromatic rings. The average Bonchev–Trinajstić information content (AvgIpc) is 3.43. The van der Waals surface area contributed by atoms with E-state index in [-0.39, 0.29) is 12.5 Å². The highest BCUT2D eigenvalue weighted by atomic mass is 32.1. The van der Waals surface area contributed by atoms with Crippen LogP contribution in [-0.4, -0.2) is 63.5 Å². The van der Waals surface area contributed by atoms with Crippen molar-refractivity contribution in [2.24, 2.45) is 0 Å². The van der Waals surface area contributed by atoms with Crippen molar-refractivity contribution in [1.82, 2.24) is 20.3 Å². The summed E-state index contributed by atoms with van der Waals surface area (Å²) in [6.07, 6.45) is 4.97. The van der Waals surface area contributed by atoms with Crippen molar-refractivity contribution in [2.75, 3.05) is 25.0 Å². The van der Waals surface area contributed by atoms with Crippen LogP contribution in [0, 0.1) is 0 Å². The van der Waals surface area contributed by atoms with Crippen molar-refractivity contribution < 1.29 is 19.6 Å². The van der Waals surface area contributed by atoms with Gasteiger partial charge in [-0.1, -0.05) is 0 Å². The van der Waals surface area contributed by atoms with E-state index >= 15 is 0 Å². The second-order valence-electron chi connectivity index (χ2n) is 6.70. The van der Waals surface area contributed by atoms with E-state index in [1.165, 1.54) is 16.0 Å². The van der Waals surface area contributed by atoms with Crippen molar-refractivity contribution in [2.45, 2.75) is 25.3 Å². The molecule has 3 rings (SSSR count). The number of rotatable bonds is 7. The summed E-state index contributed by atoms with van der Waals surface area (Å²) < 4.78 is 0. The molecule has 0 saturated carbocycles. The molecule has 0 unspecified atom stereocenters. The van der Waals surface area contributed by atoms with Crippen LogP contribution in [0.15, 0.2) is 41.4 Å². The number of amides is 4. The van der Waals surface area contributed by atoms with E-state index in [9.17, 15) is 14.4 Å². The lowest BCUT2D eigenvalue weighted by Gasteiger charge is -2.30. The fraction of sp³-hybridized carbons (Fsp3) is 0.368. The molecule has 9 nitrogen and oxygen atoms in total. The van der Waals surface area contributed by atoms with Crippen LogP contribution >= 0.6 is 11.3 Å². The molecule has 1 atom stereocenters. The molecule has 29 heavy (non-hydrogen) atoms. The molecule has 2 aromatic heterocycles. The van der Waals surface area contributed by atoms with Gasteiger partial charge < -0.3 is 15.1 Å². The number of pyridine rings is 1. The zero-order valence-electron chi connectivity index (χ0n) is 15.8. The molecule has 4 amide bonds. The Morgan fingerprint density at radius 2 is 2.21 bits per heavy atom. The first kappa shape index (κ1) is 20.7. The summed E-state index contributed by atoms with van der Waals surface area (Å²) in [6, 6.07) is 4.38. The van der Waals surface area contributed by atoms with Crippen LogP contribution in [0.4, 0.5) is 10.5 Å². The Balaban J connectivity index is 1.68. The van der Waals surface area contributed by atoms with Gasteiger partial charge >= 0.3 is 6.03 Å². The highest BCUT2D eigenvalue weighted by molar-refractivity contribution is 7.07. The summed E-state index contributed by atoms with van der Waals surface area (Å²) in [4.78, 5) is 44.3. The number of thiophene rings is 1. The molecule has 0 aliphatic carbocycles. The summed E-state index contributed by atoms with van der Waals surface area (Å²) in [5.74, 6) is -0.965. The lowest BCUT2D eigenvalue weighted by atomic mass is 10.2. The second-order valence-corrected chi connectivity index (χ2v) is 7.48. The van der Waals surface area contributed by atoms with Gasteiger partial charge in [0.25, 0.3) is 5.91 Å². The van der Waals surface area contributed by atoms with Crippen LogP contribution in [0.3, 0.4) is 0 Å². The van der Waals surface area contributed by atoms with Crippen LogP contribution in [0.25, 0.3) is 0 Å². The van der Waals surface area contributed by atoms with E-state index < -0.39 is 18.0 Å². The molecule has 3 N–H and O–H groups in total. The third-order valence-corrected chi connectivity index (χ3v) is 5.44. The lowest BCUT2D eigenvalue weighted by molar-refractivity contribution is -0.129. The number of anilines is 1.